The highest BCUT2D eigenvalue weighted by Crippen LogP contribution is 2.39. The molecule has 106 valence electrons. The Morgan fingerprint density at radius 2 is 1.84 bits per heavy atom. The van der Waals surface area contributed by atoms with E-state index in [-0.39, 0.29) is 16.7 Å². The molecule has 5 heteroatoms. The van der Waals surface area contributed by atoms with Crippen LogP contribution in [0.25, 0.3) is 0 Å². The molecule has 0 aliphatic heterocycles. The minimum atomic E-state index is -4.21. The summed E-state index contributed by atoms with van der Waals surface area (Å²) in [5, 5.41) is 3.38. The van der Waals surface area contributed by atoms with Gasteiger partial charge in [0.05, 0.1) is 0 Å². The van der Waals surface area contributed by atoms with Crippen LogP contribution in [0.2, 0.25) is 0 Å². The van der Waals surface area contributed by atoms with Crippen LogP contribution in [0, 0.1) is 5.41 Å². The Hall–Kier alpha value is -0.680. The lowest BCUT2D eigenvalue weighted by atomic mass is 9.70. The number of rotatable bonds is 5. The third kappa shape index (κ3) is 4.73. The number of alkyl halides is 3. The van der Waals surface area contributed by atoms with E-state index in [2.05, 4.69) is 12.2 Å². The molecule has 1 aliphatic carbocycles. The molecule has 2 rings (SSSR count). The van der Waals surface area contributed by atoms with E-state index in [1.54, 1.807) is 12.1 Å². The number of hydrogen-bond donors (Lipinski definition) is 1. The average Bonchev–Trinajstić information content (AvgIpc) is 2.27. The van der Waals surface area contributed by atoms with Gasteiger partial charge in [-0.3, -0.25) is 0 Å². The summed E-state index contributed by atoms with van der Waals surface area (Å²) in [5.74, 6) is 0. The van der Waals surface area contributed by atoms with Gasteiger partial charge in [-0.25, -0.2) is 0 Å². The molecule has 1 aliphatic rings. The minimum Gasteiger partial charge on any atom is -0.312 e. The number of benzene rings is 1. The molecule has 1 N–H and O–H groups in total. The number of halogens is 3. The fourth-order valence-corrected chi connectivity index (χ4v) is 2.81. The number of hydrogen-bond acceptors (Lipinski definition) is 2. The van der Waals surface area contributed by atoms with E-state index in [4.69, 9.17) is 0 Å². The van der Waals surface area contributed by atoms with Crippen LogP contribution in [0.3, 0.4) is 0 Å². The first-order valence-electron chi connectivity index (χ1n) is 6.42. The quantitative estimate of drug-likeness (QED) is 0.796. The van der Waals surface area contributed by atoms with E-state index in [9.17, 15) is 13.2 Å². The zero-order valence-corrected chi connectivity index (χ0v) is 11.7. The van der Waals surface area contributed by atoms with Gasteiger partial charge in [0.15, 0.2) is 0 Å². The van der Waals surface area contributed by atoms with Crippen LogP contribution in [0.5, 0.6) is 0 Å². The van der Waals surface area contributed by atoms with Crippen molar-refractivity contribution in [2.24, 2.45) is 5.41 Å². The van der Waals surface area contributed by atoms with E-state index >= 15 is 0 Å². The molecule has 1 fully saturated rings. The van der Waals surface area contributed by atoms with Crippen molar-refractivity contribution in [3.63, 3.8) is 0 Å². The monoisotopic (exact) mass is 289 g/mol. The molecule has 0 atom stereocenters. The van der Waals surface area contributed by atoms with Crippen LogP contribution in [0.15, 0.2) is 29.2 Å². The lowest BCUT2D eigenvalue weighted by Crippen LogP contribution is -2.36. The maximum Gasteiger partial charge on any atom is 0.446 e. The molecule has 1 aromatic rings. The Bertz CT molecular complexity index is 410. The van der Waals surface area contributed by atoms with Crippen LogP contribution in [-0.2, 0) is 6.54 Å². The summed E-state index contributed by atoms with van der Waals surface area (Å²) in [4.78, 5) is 0.238. The SMILES string of the molecule is CC1(CNCc2ccc(SC(F)(F)F)cc2)CCC1. The minimum absolute atomic E-state index is 0.0701. The Labute approximate surface area is 116 Å². The first-order chi connectivity index (χ1) is 8.86. The lowest BCUT2D eigenvalue weighted by Gasteiger charge is -2.38. The second kappa shape index (κ2) is 5.75. The van der Waals surface area contributed by atoms with Gasteiger partial charge in [-0.15, -0.1) is 0 Å². The van der Waals surface area contributed by atoms with Crippen LogP contribution >= 0.6 is 11.8 Å². The summed E-state index contributed by atoms with van der Waals surface area (Å²) in [7, 11) is 0. The molecule has 0 amide bonds. The first-order valence-corrected chi connectivity index (χ1v) is 7.23. The van der Waals surface area contributed by atoms with Gasteiger partial charge in [-0.2, -0.15) is 13.2 Å². The zero-order valence-electron chi connectivity index (χ0n) is 10.9. The van der Waals surface area contributed by atoms with Crippen LogP contribution < -0.4 is 5.32 Å². The van der Waals surface area contributed by atoms with Crippen molar-refractivity contribution in [2.75, 3.05) is 6.54 Å². The Morgan fingerprint density at radius 1 is 1.21 bits per heavy atom. The molecule has 1 nitrogen and oxygen atoms in total. The molecule has 0 spiro atoms. The highest BCUT2D eigenvalue weighted by molar-refractivity contribution is 8.00. The third-order valence-electron chi connectivity index (χ3n) is 3.60. The third-order valence-corrected chi connectivity index (χ3v) is 4.34. The maximum atomic E-state index is 12.2. The smallest absolute Gasteiger partial charge is 0.312 e. The molecule has 0 saturated heterocycles. The van der Waals surface area contributed by atoms with Crippen molar-refractivity contribution in [2.45, 2.75) is 43.1 Å². The summed E-state index contributed by atoms with van der Waals surface area (Å²) < 4.78 is 36.5. The van der Waals surface area contributed by atoms with Gasteiger partial charge in [0.2, 0.25) is 0 Å². The Balaban J connectivity index is 1.78. The van der Waals surface area contributed by atoms with Crippen molar-refractivity contribution >= 4 is 11.8 Å². The van der Waals surface area contributed by atoms with Gasteiger partial charge in [0.1, 0.15) is 0 Å². The van der Waals surface area contributed by atoms with E-state index < -0.39 is 5.51 Å². The molecule has 0 aromatic heterocycles. The van der Waals surface area contributed by atoms with Crippen molar-refractivity contribution in [3.8, 4) is 0 Å². The molecule has 0 heterocycles. The highest BCUT2D eigenvalue weighted by Gasteiger charge is 2.31. The summed E-state index contributed by atoms with van der Waals surface area (Å²) in [5.41, 5.74) is -2.76. The molecule has 1 aromatic carbocycles. The van der Waals surface area contributed by atoms with Crippen LogP contribution in [-0.4, -0.2) is 12.1 Å². The normalized spacial score (nSPS) is 18.1. The summed E-state index contributed by atoms with van der Waals surface area (Å²) in [6, 6.07) is 6.56. The number of thioether (sulfide) groups is 1. The van der Waals surface area contributed by atoms with Crippen molar-refractivity contribution in [3.05, 3.63) is 29.8 Å². The standard InChI is InChI=1S/C14H18F3NS/c1-13(7-2-8-13)10-18-9-11-3-5-12(6-4-11)19-14(15,16)17/h3-6,18H,2,7-10H2,1H3. The molecule has 0 radical (unpaired) electrons. The van der Waals surface area contributed by atoms with Crippen LogP contribution in [0.1, 0.15) is 31.7 Å². The van der Waals surface area contributed by atoms with E-state index in [1.165, 1.54) is 31.4 Å². The largest absolute Gasteiger partial charge is 0.446 e. The average molecular weight is 289 g/mol. The molecule has 19 heavy (non-hydrogen) atoms. The van der Waals surface area contributed by atoms with Crippen LogP contribution in [0.4, 0.5) is 13.2 Å². The van der Waals surface area contributed by atoms with Gasteiger partial charge in [-0.05, 0) is 47.7 Å². The van der Waals surface area contributed by atoms with Crippen molar-refractivity contribution in [1.82, 2.24) is 5.32 Å². The van der Waals surface area contributed by atoms with Crippen molar-refractivity contribution in [1.29, 1.82) is 0 Å². The molecular formula is C14H18F3NS. The summed E-state index contributed by atoms with van der Waals surface area (Å²) in [6.07, 6.45) is 3.84. The fraction of sp³-hybridized carbons (Fsp3) is 0.571. The van der Waals surface area contributed by atoms with Gasteiger partial charge in [-0.1, -0.05) is 25.5 Å². The second-order valence-corrected chi connectivity index (χ2v) is 6.60. The molecule has 0 bridgehead atoms. The number of nitrogens with one attached hydrogen (secondary N) is 1. The predicted molar refractivity (Wildman–Crippen MR) is 72.0 cm³/mol. The molecular weight excluding hydrogens is 271 g/mol. The van der Waals surface area contributed by atoms with Gasteiger partial charge in [0, 0.05) is 18.0 Å². The van der Waals surface area contributed by atoms with E-state index in [0.29, 0.717) is 12.0 Å². The topological polar surface area (TPSA) is 12.0 Å². The van der Waals surface area contributed by atoms with Crippen molar-refractivity contribution < 1.29 is 13.2 Å². The van der Waals surface area contributed by atoms with Gasteiger partial charge >= 0.3 is 5.51 Å². The Kier molecular flexibility index (Phi) is 4.46. The maximum absolute atomic E-state index is 12.2. The molecule has 1 saturated carbocycles. The van der Waals surface area contributed by atoms with Gasteiger partial charge < -0.3 is 5.32 Å². The van der Waals surface area contributed by atoms with E-state index in [0.717, 1.165) is 12.1 Å². The first kappa shape index (κ1) is 14.7. The predicted octanol–water partition coefficient (Wildman–Crippen LogP) is 4.58. The second-order valence-electron chi connectivity index (χ2n) is 5.46. The fourth-order valence-electron chi connectivity index (χ4n) is 2.27. The zero-order chi connectivity index (χ0) is 13.9. The Morgan fingerprint density at radius 3 is 2.32 bits per heavy atom. The van der Waals surface area contributed by atoms with E-state index in [1.807, 2.05) is 0 Å². The molecule has 0 unspecified atom stereocenters. The lowest BCUT2D eigenvalue weighted by molar-refractivity contribution is -0.0328. The highest BCUT2D eigenvalue weighted by atomic mass is 32.2. The summed E-state index contributed by atoms with van der Waals surface area (Å²) >= 11 is -0.0701. The summed E-state index contributed by atoms with van der Waals surface area (Å²) in [6.45, 7) is 3.96. The van der Waals surface area contributed by atoms with Gasteiger partial charge in [0.25, 0.3) is 0 Å².